The fourth-order valence-corrected chi connectivity index (χ4v) is 1.43. The first-order valence-electron chi connectivity index (χ1n) is 4.20. The zero-order chi connectivity index (χ0) is 10.6. The maximum atomic E-state index is 10.5. The van der Waals surface area contributed by atoms with Gasteiger partial charge in [0.1, 0.15) is 6.10 Å². The monoisotopic (exact) mass is 216 g/mol. The van der Waals surface area contributed by atoms with Gasteiger partial charge in [0.05, 0.1) is 12.4 Å². The first-order chi connectivity index (χ1) is 6.70. The molecule has 1 aromatic heterocycles. The molecule has 0 saturated carbocycles. The second-order valence-corrected chi connectivity index (χ2v) is 3.33. The number of hydrogen-bond donors (Lipinski definition) is 3. The molecular formula is C9H12O4S. The van der Waals surface area contributed by atoms with Crippen LogP contribution in [0.15, 0.2) is 16.7 Å². The van der Waals surface area contributed by atoms with Gasteiger partial charge in [-0.3, -0.25) is 4.79 Å². The third kappa shape index (κ3) is 2.37. The second-order valence-electron chi connectivity index (χ2n) is 2.88. The lowest BCUT2D eigenvalue weighted by Crippen LogP contribution is -2.19. The number of carbonyl (C=O) groups excluding carboxylic acids is 1. The molecule has 2 unspecified atom stereocenters. The summed E-state index contributed by atoms with van der Waals surface area (Å²) in [5.41, 5.74) is 0.314. The molecule has 0 fully saturated rings. The van der Waals surface area contributed by atoms with Gasteiger partial charge < -0.3 is 14.6 Å². The minimum absolute atomic E-state index is 0.0516. The zero-order valence-corrected chi connectivity index (χ0v) is 8.35. The number of aliphatic hydroxyl groups is 2. The average Bonchev–Trinajstić information content (AvgIpc) is 2.64. The molecule has 0 aliphatic carbocycles. The third-order valence-electron chi connectivity index (χ3n) is 1.94. The molecule has 0 aliphatic heterocycles. The summed E-state index contributed by atoms with van der Waals surface area (Å²) < 4.78 is 4.80. The third-order valence-corrected chi connectivity index (χ3v) is 2.20. The maximum Gasteiger partial charge on any atom is 0.185 e. The van der Waals surface area contributed by atoms with E-state index in [9.17, 15) is 15.0 Å². The number of aldehydes is 1. The molecule has 5 heteroatoms. The summed E-state index contributed by atoms with van der Waals surface area (Å²) in [6, 6.07) is 1.47. The highest BCUT2D eigenvalue weighted by Gasteiger charge is 2.22. The van der Waals surface area contributed by atoms with Crippen LogP contribution in [0.3, 0.4) is 0 Å². The molecular weight excluding hydrogens is 204 g/mol. The van der Waals surface area contributed by atoms with E-state index in [-0.39, 0.29) is 5.76 Å². The molecule has 2 atom stereocenters. The van der Waals surface area contributed by atoms with E-state index in [2.05, 4.69) is 12.6 Å². The number of carbonyl (C=O) groups is 1. The highest BCUT2D eigenvalue weighted by Crippen LogP contribution is 2.22. The topological polar surface area (TPSA) is 70.7 Å². The fraction of sp³-hybridized carbons (Fsp3) is 0.444. The van der Waals surface area contributed by atoms with E-state index in [1.165, 1.54) is 12.3 Å². The summed E-state index contributed by atoms with van der Waals surface area (Å²) in [5.74, 6) is 0.516. The largest absolute Gasteiger partial charge is 0.461 e. The van der Waals surface area contributed by atoms with Crippen LogP contribution in [0.4, 0.5) is 0 Å². The Bertz CT molecular complexity index is 297. The second kappa shape index (κ2) is 5.19. The molecule has 14 heavy (non-hydrogen) atoms. The van der Waals surface area contributed by atoms with Crippen LogP contribution in [0.5, 0.6) is 0 Å². The summed E-state index contributed by atoms with van der Waals surface area (Å²) in [6.45, 7) is 0. The number of aliphatic hydroxyl groups excluding tert-OH is 2. The van der Waals surface area contributed by atoms with Gasteiger partial charge in [0.25, 0.3) is 0 Å². The minimum atomic E-state index is -1.10. The molecule has 2 N–H and O–H groups in total. The van der Waals surface area contributed by atoms with E-state index in [1.54, 1.807) is 0 Å². The van der Waals surface area contributed by atoms with E-state index in [0.717, 1.165) is 0 Å². The molecule has 0 radical (unpaired) electrons. The van der Waals surface area contributed by atoms with Crippen LogP contribution in [0.1, 0.15) is 28.6 Å². The fourth-order valence-electron chi connectivity index (χ4n) is 1.17. The van der Waals surface area contributed by atoms with Crippen LogP contribution in [0.2, 0.25) is 0 Å². The van der Waals surface area contributed by atoms with Crippen molar-refractivity contribution in [2.45, 2.75) is 18.6 Å². The normalized spacial score (nSPS) is 15.1. The Morgan fingerprint density at radius 3 is 2.86 bits per heavy atom. The van der Waals surface area contributed by atoms with Crippen molar-refractivity contribution >= 4 is 18.9 Å². The van der Waals surface area contributed by atoms with Gasteiger partial charge in [-0.25, -0.2) is 0 Å². The molecule has 4 nitrogen and oxygen atoms in total. The lowest BCUT2D eigenvalue weighted by molar-refractivity contribution is 0.0164. The summed E-state index contributed by atoms with van der Waals surface area (Å²) >= 11 is 3.94. The Hall–Kier alpha value is -0.780. The summed E-state index contributed by atoms with van der Waals surface area (Å²) in [5, 5.41) is 19.1. The predicted molar refractivity (Wildman–Crippen MR) is 53.5 cm³/mol. The van der Waals surface area contributed by atoms with Crippen molar-refractivity contribution in [3.8, 4) is 0 Å². The van der Waals surface area contributed by atoms with Crippen LogP contribution in [0.25, 0.3) is 0 Å². The van der Waals surface area contributed by atoms with Crippen molar-refractivity contribution in [3.05, 3.63) is 23.7 Å². The van der Waals surface area contributed by atoms with Crippen molar-refractivity contribution in [1.29, 1.82) is 0 Å². The van der Waals surface area contributed by atoms with Crippen LogP contribution >= 0.6 is 12.6 Å². The van der Waals surface area contributed by atoms with Crippen molar-refractivity contribution in [3.63, 3.8) is 0 Å². The number of furan rings is 1. The number of hydrogen-bond acceptors (Lipinski definition) is 5. The minimum Gasteiger partial charge on any atom is -0.461 e. The lowest BCUT2D eigenvalue weighted by atomic mass is 10.0. The molecule has 0 aliphatic rings. The highest BCUT2D eigenvalue weighted by atomic mass is 32.1. The number of rotatable bonds is 5. The first kappa shape index (κ1) is 11.3. The van der Waals surface area contributed by atoms with E-state index >= 15 is 0 Å². The Morgan fingerprint density at radius 2 is 2.29 bits per heavy atom. The SMILES string of the molecule is O=Cc1occc1C(O)C(O)CCS. The van der Waals surface area contributed by atoms with E-state index in [0.29, 0.717) is 24.0 Å². The molecule has 1 heterocycles. The van der Waals surface area contributed by atoms with Crippen LogP contribution in [0, 0.1) is 0 Å². The van der Waals surface area contributed by atoms with Crippen molar-refractivity contribution in [1.82, 2.24) is 0 Å². The van der Waals surface area contributed by atoms with Crippen molar-refractivity contribution < 1.29 is 19.4 Å². The van der Waals surface area contributed by atoms with Gasteiger partial charge >= 0.3 is 0 Å². The smallest absolute Gasteiger partial charge is 0.185 e. The van der Waals surface area contributed by atoms with Gasteiger partial charge in [-0.2, -0.15) is 12.6 Å². The molecule has 1 rings (SSSR count). The predicted octanol–water partition coefficient (Wildman–Crippen LogP) is 0.806. The van der Waals surface area contributed by atoms with Gasteiger partial charge in [0.15, 0.2) is 12.0 Å². The zero-order valence-electron chi connectivity index (χ0n) is 7.46. The van der Waals surface area contributed by atoms with Crippen LogP contribution < -0.4 is 0 Å². The van der Waals surface area contributed by atoms with Crippen LogP contribution in [-0.2, 0) is 0 Å². The summed E-state index contributed by atoms with van der Waals surface area (Å²) in [7, 11) is 0. The van der Waals surface area contributed by atoms with E-state index in [1.807, 2.05) is 0 Å². The maximum absolute atomic E-state index is 10.5. The molecule has 0 amide bonds. The quantitative estimate of drug-likeness (QED) is 0.503. The Labute approximate surface area is 87.0 Å². The van der Waals surface area contributed by atoms with Crippen LogP contribution in [-0.4, -0.2) is 28.4 Å². The first-order valence-corrected chi connectivity index (χ1v) is 4.83. The van der Waals surface area contributed by atoms with Crippen molar-refractivity contribution in [2.75, 3.05) is 5.75 Å². The molecule has 0 spiro atoms. The summed E-state index contributed by atoms with van der Waals surface area (Å²) in [4.78, 5) is 10.5. The molecule has 1 aromatic rings. The molecule has 0 saturated heterocycles. The van der Waals surface area contributed by atoms with E-state index in [4.69, 9.17) is 4.42 Å². The molecule has 0 aromatic carbocycles. The van der Waals surface area contributed by atoms with Gasteiger partial charge in [-0.15, -0.1) is 0 Å². The molecule has 0 bridgehead atoms. The average molecular weight is 216 g/mol. The number of thiol groups is 1. The van der Waals surface area contributed by atoms with Gasteiger partial charge in [0.2, 0.25) is 0 Å². The highest BCUT2D eigenvalue weighted by molar-refractivity contribution is 7.80. The van der Waals surface area contributed by atoms with Crippen molar-refractivity contribution in [2.24, 2.45) is 0 Å². The van der Waals surface area contributed by atoms with E-state index < -0.39 is 12.2 Å². The van der Waals surface area contributed by atoms with Gasteiger partial charge in [-0.1, -0.05) is 0 Å². The summed E-state index contributed by atoms with van der Waals surface area (Å²) in [6.07, 6.45) is 0.139. The standard InChI is InChI=1S/C9H12O4S/c10-5-8-6(1-3-13-8)9(12)7(11)2-4-14/h1,3,5,7,9,11-12,14H,2,4H2. The Kier molecular flexibility index (Phi) is 4.19. The molecule has 78 valence electrons. The lowest BCUT2D eigenvalue weighted by Gasteiger charge is -2.15. The Balaban J connectivity index is 2.77. The Morgan fingerprint density at radius 1 is 1.57 bits per heavy atom. The van der Waals surface area contributed by atoms with Gasteiger partial charge in [0, 0.05) is 5.56 Å². The van der Waals surface area contributed by atoms with Gasteiger partial charge in [-0.05, 0) is 18.2 Å².